The highest BCUT2D eigenvalue weighted by Crippen LogP contribution is 2.30. The van der Waals surface area contributed by atoms with E-state index in [4.69, 9.17) is 11.6 Å². The molecule has 17 heavy (non-hydrogen) atoms. The summed E-state index contributed by atoms with van der Waals surface area (Å²) in [6.45, 7) is 1.90. The number of esters is 1. The Morgan fingerprint density at radius 2 is 1.94 bits per heavy atom. The van der Waals surface area contributed by atoms with Crippen molar-refractivity contribution in [3.8, 4) is 0 Å². The van der Waals surface area contributed by atoms with Gasteiger partial charge in [0, 0.05) is 4.90 Å². The SMILES string of the molecule is Cc1ccc([S@](=O)C2=C(Cl)C(=O)O[C@H]2O)cc1. The van der Waals surface area contributed by atoms with Gasteiger partial charge in [0.1, 0.15) is 9.94 Å². The maximum absolute atomic E-state index is 12.1. The molecule has 0 amide bonds. The van der Waals surface area contributed by atoms with Crippen LogP contribution in [-0.4, -0.2) is 21.6 Å². The average Bonchev–Trinajstić information content (AvgIpc) is 2.53. The van der Waals surface area contributed by atoms with Crippen molar-refractivity contribution in [1.29, 1.82) is 0 Å². The molecule has 1 aliphatic rings. The van der Waals surface area contributed by atoms with Crippen molar-refractivity contribution in [3.05, 3.63) is 39.8 Å². The smallest absolute Gasteiger partial charge is 0.353 e. The normalized spacial score (nSPS) is 21.6. The molecule has 90 valence electrons. The summed E-state index contributed by atoms with van der Waals surface area (Å²) in [5, 5.41) is 9.13. The number of cyclic esters (lactones) is 1. The molecule has 2 atom stereocenters. The molecule has 4 nitrogen and oxygen atoms in total. The fourth-order valence-electron chi connectivity index (χ4n) is 1.38. The highest BCUT2D eigenvalue weighted by Gasteiger charge is 2.36. The second kappa shape index (κ2) is 4.60. The molecule has 1 aromatic carbocycles. The van der Waals surface area contributed by atoms with Crippen LogP contribution in [0.5, 0.6) is 0 Å². The lowest BCUT2D eigenvalue weighted by molar-refractivity contribution is -0.150. The Bertz CT molecular complexity index is 521. The summed E-state index contributed by atoms with van der Waals surface area (Å²) < 4.78 is 16.6. The van der Waals surface area contributed by atoms with E-state index in [0.29, 0.717) is 4.90 Å². The average molecular weight is 273 g/mol. The number of hydrogen-bond donors (Lipinski definition) is 1. The molecule has 0 saturated carbocycles. The van der Waals surface area contributed by atoms with Gasteiger partial charge in [0.2, 0.25) is 6.29 Å². The molecular weight excluding hydrogens is 264 g/mol. The van der Waals surface area contributed by atoms with Crippen molar-refractivity contribution in [1.82, 2.24) is 0 Å². The highest BCUT2D eigenvalue weighted by atomic mass is 35.5. The van der Waals surface area contributed by atoms with Gasteiger partial charge in [0.05, 0.1) is 10.8 Å². The van der Waals surface area contributed by atoms with Crippen LogP contribution in [-0.2, 0) is 20.3 Å². The summed E-state index contributed by atoms with van der Waals surface area (Å²) in [5.41, 5.74) is 1.02. The number of aliphatic hydroxyl groups excluding tert-OH is 1. The third-order valence-electron chi connectivity index (χ3n) is 2.27. The highest BCUT2D eigenvalue weighted by molar-refractivity contribution is 7.89. The first-order chi connectivity index (χ1) is 8.00. The molecule has 0 aromatic heterocycles. The van der Waals surface area contributed by atoms with Gasteiger partial charge < -0.3 is 9.84 Å². The van der Waals surface area contributed by atoms with E-state index in [1.807, 2.05) is 6.92 Å². The van der Waals surface area contributed by atoms with Gasteiger partial charge in [-0.3, -0.25) is 0 Å². The number of ether oxygens (including phenoxy) is 1. The van der Waals surface area contributed by atoms with E-state index in [0.717, 1.165) is 5.56 Å². The van der Waals surface area contributed by atoms with Gasteiger partial charge >= 0.3 is 5.97 Å². The monoisotopic (exact) mass is 272 g/mol. The zero-order valence-corrected chi connectivity index (χ0v) is 10.4. The van der Waals surface area contributed by atoms with E-state index >= 15 is 0 Å². The summed E-state index contributed by atoms with van der Waals surface area (Å²) in [7, 11) is -1.70. The molecule has 1 N–H and O–H groups in total. The van der Waals surface area contributed by atoms with Crippen LogP contribution >= 0.6 is 11.6 Å². The maximum Gasteiger partial charge on any atom is 0.353 e. The van der Waals surface area contributed by atoms with Crippen molar-refractivity contribution >= 4 is 28.4 Å². The number of rotatable bonds is 2. The Morgan fingerprint density at radius 1 is 1.35 bits per heavy atom. The molecule has 0 unspecified atom stereocenters. The van der Waals surface area contributed by atoms with E-state index in [2.05, 4.69) is 4.74 Å². The first kappa shape index (κ1) is 12.3. The van der Waals surface area contributed by atoms with Gasteiger partial charge in [0.15, 0.2) is 0 Å². The van der Waals surface area contributed by atoms with Crippen LogP contribution in [0.1, 0.15) is 5.56 Å². The minimum Gasteiger partial charge on any atom is -0.426 e. The van der Waals surface area contributed by atoms with Gasteiger partial charge in [-0.1, -0.05) is 29.3 Å². The molecule has 1 aliphatic heterocycles. The van der Waals surface area contributed by atoms with Gasteiger partial charge in [-0.2, -0.15) is 0 Å². The standard InChI is InChI=1S/C11H9ClO4S/c1-6-2-4-7(5-3-6)17(15)9-8(12)10(13)16-11(9)14/h2-5,11,14H,1H3/t11-,17+/m1/s1. The van der Waals surface area contributed by atoms with Crippen molar-refractivity contribution in [2.45, 2.75) is 18.1 Å². The van der Waals surface area contributed by atoms with E-state index < -0.39 is 23.1 Å². The molecule has 6 heteroatoms. The Morgan fingerprint density at radius 3 is 2.41 bits per heavy atom. The van der Waals surface area contributed by atoms with Crippen molar-refractivity contribution in [3.63, 3.8) is 0 Å². The molecule has 0 radical (unpaired) electrons. The molecule has 0 fully saturated rings. The number of aryl methyl sites for hydroxylation is 1. The number of halogens is 1. The van der Waals surface area contributed by atoms with Gasteiger partial charge in [-0.15, -0.1) is 0 Å². The molecule has 0 spiro atoms. The van der Waals surface area contributed by atoms with Crippen LogP contribution in [0.4, 0.5) is 0 Å². The lowest BCUT2D eigenvalue weighted by Crippen LogP contribution is -2.13. The molecule has 0 saturated heterocycles. The maximum atomic E-state index is 12.1. The van der Waals surface area contributed by atoms with E-state index in [9.17, 15) is 14.1 Å². The summed E-state index contributed by atoms with van der Waals surface area (Å²) in [6, 6.07) is 6.87. The quantitative estimate of drug-likeness (QED) is 0.827. The van der Waals surface area contributed by atoms with Gasteiger partial charge in [-0.25, -0.2) is 9.00 Å². The molecule has 0 aliphatic carbocycles. The van der Waals surface area contributed by atoms with Gasteiger partial charge in [-0.05, 0) is 19.1 Å². The zero-order valence-electron chi connectivity index (χ0n) is 8.84. The van der Waals surface area contributed by atoms with E-state index in [-0.39, 0.29) is 9.94 Å². The van der Waals surface area contributed by atoms with Crippen LogP contribution in [0.2, 0.25) is 0 Å². The van der Waals surface area contributed by atoms with Crippen molar-refractivity contribution in [2.24, 2.45) is 0 Å². The lowest BCUT2D eigenvalue weighted by Gasteiger charge is -2.07. The first-order valence-corrected chi connectivity index (χ1v) is 6.30. The second-order valence-electron chi connectivity index (χ2n) is 3.52. The summed E-state index contributed by atoms with van der Waals surface area (Å²) in [6.07, 6.45) is -1.53. The Balaban J connectivity index is 2.38. The number of carbonyl (C=O) groups excluding carboxylic acids is 1. The predicted molar refractivity (Wildman–Crippen MR) is 62.6 cm³/mol. The number of aliphatic hydroxyl groups is 1. The van der Waals surface area contributed by atoms with Crippen molar-refractivity contribution < 1.29 is 18.8 Å². The Labute approximate surface area is 105 Å². The zero-order chi connectivity index (χ0) is 12.6. The third-order valence-corrected chi connectivity index (χ3v) is 4.25. The summed E-state index contributed by atoms with van der Waals surface area (Å²) in [5.74, 6) is -0.852. The molecule has 2 rings (SSSR count). The molecule has 0 bridgehead atoms. The number of hydrogen-bond acceptors (Lipinski definition) is 4. The van der Waals surface area contributed by atoms with Gasteiger partial charge in [0.25, 0.3) is 0 Å². The summed E-state index contributed by atoms with van der Waals surface area (Å²) >= 11 is 5.65. The molecule has 1 heterocycles. The second-order valence-corrected chi connectivity index (χ2v) is 5.34. The Hall–Kier alpha value is -1.17. The molecular formula is C11H9ClO4S. The van der Waals surface area contributed by atoms with E-state index in [1.54, 1.807) is 24.3 Å². The minimum atomic E-state index is -1.70. The van der Waals surface area contributed by atoms with Crippen LogP contribution in [0.15, 0.2) is 39.1 Å². The van der Waals surface area contributed by atoms with Crippen LogP contribution in [0.25, 0.3) is 0 Å². The summed E-state index contributed by atoms with van der Waals surface area (Å²) in [4.78, 5) is 11.4. The number of carbonyl (C=O) groups is 1. The lowest BCUT2D eigenvalue weighted by atomic mass is 10.2. The predicted octanol–water partition coefficient (Wildman–Crippen LogP) is 1.43. The molecule has 1 aromatic rings. The Kier molecular flexibility index (Phi) is 3.33. The van der Waals surface area contributed by atoms with Crippen LogP contribution in [0, 0.1) is 6.92 Å². The van der Waals surface area contributed by atoms with E-state index in [1.165, 1.54) is 0 Å². The topological polar surface area (TPSA) is 63.6 Å². The van der Waals surface area contributed by atoms with Crippen LogP contribution in [0.3, 0.4) is 0 Å². The fourth-order valence-corrected chi connectivity index (χ4v) is 2.84. The first-order valence-electron chi connectivity index (χ1n) is 4.78. The number of benzene rings is 1. The van der Waals surface area contributed by atoms with Crippen LogP contribution < -0.4 is 0 Å². The largest absolute Gasteiger partial charge is 0.426 e. The minimum absolute atomic E-state index is 0.0967. The fraction of sp³-hybridized carbons (Fsp3) is 0.182. The third kappa shape index (κ3) is 2.26. The van der Waals surface area contributed by atoms with Crippen molar-refractivity contribution in [2.75, 3.05) is 0 Å².